The van der Waals surface area contributed by atoms with Crippen LogP contribution in [0.1, 0.15) is 218 Å². The molecule has 0 bridgehead atoms. The summed E-state index contributed by atoms with van der Waals surface area (Å²) in [5, 5.41) is 11.9. The molecule has 2 aromatic carbocycles. The van der Waals surface area contributed by atoms with Crippen LogP contribution in [0.3, 0.4) is 0 Å². The molecule has 0 spiro atoms. The van der Waals surface area contributed by atoms with E-state index in [2.05, 4.69) is 71.5 Å². The fraction of sp³-hybridized carbons (Fsp3) is 0.686. The van der Waals surface area contributed by atoms with Crippen molar-refractivity contribution in [3.63, 3.8) is 0 Å². The van der Waals surface area contributed by atoms with E-state index in [1.165, 1.54) is 184 Å². The van der Waals surface area contributed by atoms with Gasteiger partial charge in [0, 0.05) is 24.5 Å². The van der Waals surface area contributed by atoms with Crippen LogP contribution >= 0.6 is 0 Å². The molecule has 2 aromatic rings. The number of carbonyl (C=O) groups excluding carboxylic acids is 2. The van der Waals surface area contributed by atoms with Gasteiger partial charge >= 0.3 is 12.1 Å². The zero-order valence-corrected chi connectivity index (χ0v) is 36.9. The monoisotopic (exact) mass is 787 g/mol. The van der Waals surface area contributed by atoms with E-state index in [1.54, 1.807) is 0 Å². The van der Waals surface area contributed by atoms with Crippen molar-refractivity contribution in [2.45, 2.75) is 213 Å². The van der Waals surface area contributed by atoms with E-state index < -0.39 is 0 Å². The number of amides is 4. The Morgan fingerprint density at radius 1 is 0.386 bits per heavy atom. The van der Waals surface area contributed by atoms with Gasteiger partial charge in [0.05, 0.1) is 0 Å². The summed E-state index contributed by atoms with van der Waals surface area (Å²) in [6, 6.07) is 15.8. The second kappa shape index (κ2) is 37.0. The van der Waals surface area contributed by atoms with Gasteiger partial charge in [-0.3, -0.25) is 0 Å². The third-order valence-electron chi connectivity index (χ3n) is 11.1. The number of hydrogen-bond acceptors (Lipinski definition) is 2. The fourth-order valence-electron chi connectivity index (χ4n) is 7.45. The van der Waals surface area contributed by atoms with E-state index >= 15 is 0 Å². The number of carbonyl (C=O) groups is 2. The number of anilines is 2. The molecule has 0 aromatic heterocycles. The molecule has 2 rings (SSSR count). The van der Waals surface area contributed by atoms with Crippen molar-refractivity contribution in [3.05, 3.63) is 71.8 Å². The number of hydrogen-bond donors (Lipinski definition) is 4. The first-order chi connectivity index (χ1) is 28.1. The van der Waals surface area contributed by atoms with Crippen LogP contribution in [0.2, 0.25) is 0 Å². The fourth-order valence-corrected chi connectivity index (χ4v) is 7.45. The Hall–Kier alpha value is -3.28. The largest absolute Gasteiger partial charge is 0.338 e. The van der Waals surface area contributed by atoms with Crippen LogP contribution in [-0.4, -0.2) is 25.2 Å². The standard InChI is InChI=1S/C51H86N4O2/c1-3-5-7-9-11-13-15-17-19-21-23-25-27-29-31-33-43-52-50(56)54-48-39-35-46(36-40-48)45-47-37-41-49(42-38-47)55-51(57)53-44-34-32-30-28-26-24-22-20-18-16-14-12-10-8-6-4-2/h17,19,35-42H,3-16,18,20-34,43-45H2,1-2H3,(H2,52,54,56)(H2,53,55,57)/b19-17+. The molecule has 0 aliphatic carbocycles. The van der Waals surface area contributed by atoms with Crippen LogP contribution in [0.4, 0.5) is 21.0 Å². The number of unbranched alkanes of at least 4 members (excludes halogenated alkanes) is 27. The van der Waals surface area contributed by atoms with Crippen molar-refractivity contribution in [2.24, 2.45) is 0 Å². The number of nitrogens with one attached hydrogen (secondary N) is 4. The molecule has 0 fully saturated rings. The molecule has 0 saturated heterocycles. The average molecular weight is 787 g/mol. The van der Waals surface area contributed by atoms with Gasteiger partial charge < -0.3 is 21.3 Å². The second-order valence-electron chi connectivity index (χ2n) is 16.6. The van der Waals surface area contributed by atoms with Crippen LogP contribution in [0.25, 0.3) is 0 Å². The van der Waals surface area contributed by atoms with Crippen LogP contribution in [0.5, 0.6) is 0 Å². The topological polar surface area (TPSA) is 82.3 Å². The lowest BCUT2D eigenvalue weighted by molar-refractivity contribution is 0.251. The molecule has 0 unspecified atom stereocenters. The van der Waals surface area contributed by atoms with Crippen LogP contribution in [0.15, 0.2) is 60.7 Å². The summed E-state index contributed by atoms with van der Waals surface area (Å²) in [7, 11) is 0. The first kappa shape index (κ1) is 49.9. The maximum atomic E-state index is 12.4. The summed E-state index contributed by atoms with van der Waals surface area (Å²) in [6.07, 6.45) is 45.1. The van der Waals surface area contributed by atoms with Gasteiger partial charge in [0.15, 0.2) is 0 Å². The lowest BCUT2D eigenvalue weighted by Gasteiger charge is -2.10. The van der Waals surface area contributed by atoms with Gasteiger partial charge in [0.2, 0.25) is 0 Å². The van der Waals surface area contributed by atoms with Crippen LogP contribution in [0, 0.1) is 0 Å². The summed E-state index contributed by atoms with van der Waals surface area (Å²) in [6.45, 7) is 5.98. The van der Waals surface area contributed by atoms with E-state index in [4.69, 9.17) is 0 Å². The zero-order chi connectivity index (χ0) is 40.7. The highest BCUT2D eigenvalue weighted by Gasteiger charge is 2.05. The Morgan fingerprint density at radius 3 is 0.982 bits per heavy atom. The third kappa shape index (κ3) is 30.5. The number of allylic oxidation sites excluding steroid dienone is 2. The molecule has 0 heterocycles. The van der Waals surface area contributed by atoms with E-state index in [9.17, 15) is 9.59 Å². The lowest BCUT2D eigenvalue weighted by atomic mass is 10.0. The third-order valence-corrected chi connectivity index (χ3v) is 11.1. The zero-order valence-electron chi connectivity index (χ0n) is 36.9. The van der Waals surface area contributed by atoms with Crippen molar-refractivity contribution < 1.29 is 9.59 Å². The molecule has 4 amide bonds. The van der Waals surface area contributed by atoms with E-state index in [1.807, 2.05) is 24.3 Å². The summed E-state index contributed by atoms with van der Waals surface area (Å²) in [5.41, 5.74) is 3.93. The molecule has 6 nitrogen and oxygen atoms in total. The first-order valence-corrected chi connectivity index (χ1v) is 24.0. The van der Waals surface area contributed by atoms with E-state index in [0.29, 0.717) is 13.1 Å². The highest BCUT2D eigenvalue weighted by molar-refractivity contribution is 5.89. The molecule has 4 N–H and O–H groups in total. The summed E-state index contributed by atoms with van der Waals surface area (Å²) in [5.74, 6) is 0. The van der Waals surface area contributed by atoms with E-state index in [0.717, 1.165) is 37.1 Å². The number of urea groups is 2. The van der Waals surface area contributed by atoms with Crippen molar-refractivity contribution >= 4 is 23.4 Å². The minimum atomic E-state index is -0.146. The molecule has 6 heteroatoms. The molecule has 322 valence electrons. The predicted octanol–water partition coefficient (Wildman–Crippen LogP) is 15.8. The molecular weight excluding hydrogens is 701 g/mol. The highest BCUT2D eigenvalue weighted by Crippen LogP contribution is 2.17. The predicted molar refractivity (Wildman–Crippen MR) is 249 cm³/mol. The van der Waals surface area contributed by atoms with E-state index in [-0.39, 0.29) is 12.1 Å². The Bertz CT molecular complexity index is 1240. The number of benzene rings is 2. The van der Waals surface area contributed by atoms with Gasteiger partial charge in [-0.1, -0.05) is 204 Å². The van der Waals surface area contributed by atoms with Crippen molar-refractivity contribution in [1.82, 2.24) is 10.6 Å². The Labute approximate surface area is 351 Å². The molecule has 0 aliphatic rings. The Balaban J connectivity index is 1.42. The van der Waals surface area contributed by atoms with Gasteiger partial charge in [-0.15, -0.1) is 0 Å². The van der Waals surface area contributed by atoms with Gasteiger partial charge in [-0.25, -0.2) is 9.59 Å². The Morgan fingerprint density at radius 2 is 0.667 bits per heavy atom. The van der Waals surface area contributed by atoms with Crippen LogP contribution < -0.4 is 21.3 Å². The lowest BCUT2D eigenvalue weighted by Crippen LogP contribution is -2.29. The summed E-state index contributed by atoms with van der Waals surface area (Å²) >= 11 is 0. The molecule has 57 heavy (non-hydrogen) atoms. The van der Waals surface area contributed by atoms with Gasteiger partial charge in [-0.2, -0.15) is 0 Å². The van der Waals surface area contributed by atoms with Crippen molar-refractivity contribution in [1.29, 1.82) is 0 Å². The van der Waals surface area contributed by atoms with Gasteiger partial charge in [0.25, 0.3) is 0 Å². The molecular formula is C51H86N4O2. The minimum absolute atomic E-state index is 0.140. The average Bonchev–Trinajstić information content (AvgIpc) is 3.21. The van der Waals surface area contributed by atoms with Gasteiger partial charge in [-0.05, 0) is 80.3 Å². The molecule has 0 atom stereocenters. The Kier molecular flexibility index (Phi) is 32.4. The maximum Gasteiger partial charge on any atom is 0.319 e. The van der Waals surface area contributed by atoms with Crippen LogP contribution in [-0.2, 0) is 6.42 Å². The normalized spacial score (nSPS) is 11.3. The SMILES string of the molecule is CCCCCCCC/C=C/CCCCCCCCNC(=O)Nc1ccc(Cc2ccc(NC(=O)NCCCCCCCCCCCCCCCCCC)cc2)cc1. The van der Waals surface area contributed by atoms with Crippen molar-refractivity contribution in [2.75, 3.05) is 23.7 Å². The maximum absolute atomic E-state index is 12.4. The molecule has 0 saturated carbocycles. The second-order valence-corrected chi connectivity index (χ2v) is 16.6. The number of rotatable bonds is 37. The minimum Gasteiger partial charge on any atom is -0.338 e. The first-order valence-electron chi connectivity index (χ1n) is 24.0. The smallest absolute Gasteiger partial charge is 0.319 e. The van der Waals surface area contributed by atoms with Crippen molar-refractivity contribution in [3.8, 4) is 0 Å². The van der Waals surface area contributed by atoms with Gasteiger partial charge in [0.1, 0.15) is 0 Å². The molecule has 0 aliphatic heterocycles. The molecule has 0 radical (unpaired) electrons. The summed E-state index contributed by atoms with van der Waals surface area (Å²) < 4.78 is 0. The summed E-state index contributed by atoms with van der Waals surface area (Å²) in [4.78, 5) is 24.8. The highest BCUT2D eigenvalue weighted by atomic mass is 16.2. The quantitative estimate of drug-likeness (QED) is 0.0406.